The highest BCUT2D eigenvalue weighted by Gasteiger charge is 2.43. The number of urea groups is 1. The van der Waals surface area contributed by atoms with Gasteiger partial charge in [0, 0.05) is 30.8 Å². The fourth-order valence-electron chi connectivity index (χ4n) is 5.37. The monoisotopic (exact) mass is 459 g/mol. The first-order valence-electron chi connectivity index (χ1n) is 12.2. The predicted octanol–water partition coefficient (Wildman–Crippen LogP) is 5.50. The Morgan fingerprint density at radius 1 is 1.15 bits per heavy atom. The van der Waals surface area contributed by atoms with Crippen molar-refractivity contribution < 1.29 is 14.3 Å². The molecule has 2 aromatic rings. The molecule has 0 radical (unpaired) electrons. The number of carbonyl (C=O) groups excluding carboxylic acids is 2. The van der Waals surface area contributed by atoms with Crippen LogP contribution in [0.3, 0.4) is 0 Å². The predicted molar refractivity (Wildman–Crippen MR) is 134 cm³/mol. The van der Waals surface area contributed by atoms with Crippen molar-refractivity contribution in [2.24, 2.45) is 5.41 Å². The molecule has 1 saturated heterocycles. The SMILES string of the molecule is Cc1ccc([C@H]2C3=C(CC(C)(C)CC3=O)Nc3ccccc3N2C(=O)NC[C@H]2CCCO2)cc1. The Morgan fingerprint density at radius 3 is 2.65 bits per heavy atom. The van der Waals surface area contributed by atoms with E-state index in [1.807, 2.05) is 55.5 Å². The highest BCUT2D eigenvalue weighted by Crippen LogP contribution is 2.48. The number of ether oxygens (including phenoxy) is 1. The summed E-state index contributed by atoms with van der Waals surface area (Å²) in [5.74, 6) is 0.0917. The second-order valence-electron chi connectivity index (χ2n) is 10.5. The maximum Gasteiger partial charge on any atom is 0.322 e. The minimum Gasteiger partial charge on any atom is -0.376 e. The molecule has 1 fully saturated rings. The van der Waals surface area contributed by atoms with Gasteiger partial charge in [-0.2, -0.15) is 0 Å². The quantitative estimate of drug-likeness (QED) is 0.636. The Morgan fingerprint density at radius 2 is 1.91 bits per heavy atom. The van der Waals surface area contributed by atoms with Crippen LogP contribution in [0.1, 0.15) is 56.7 Å². The van der Waals surface area contributed by atoms with E-state index in [0.29, 0.717) is 18.5 Å². The number of para-hydroxylation sites is 2. The third-order valence-corrected chi connectivity index (χ3v) is 7.02. The number of anilines is 2. The van der Waals surface area contributed by atoms with Crippen LogP contribution in [0.4, 0.5) is 16.2 Å². The normalized spacial score (nSPS) is 23.6. The van der Waals surface area contributed by atoms with Crippen molar-refractivity contribution >= 4 is 23.2 Å². The van der Waals surface area contributed by atoms with Gasteiger partial charge in [0.1, 0.15) is 0 Å². The van der Waals surface area contributed by atoms with Crippen LogP contribution in [0.2, 0.25) is 0 Å². The molecule has 5 rings (SSSR count). The molecular formula is C28H33N3O3. The smallest absolute Gasteiger partial charge is 0.322 e. The summed E-state index contributed by atoms with van der Waals surface area (Å²) in [6, 6.07) is 15.2. The van der Waals surface area contributed by atoms with E-state index >= 15 is 0 Å². The van der Waals surface area contributed by atoms with Crippen LogP contribution >= 0.6 is 0 Å². The molecular weight excluding hydrogens is 426 g/mol. The van der Waals surface area contributed by atoms with Crippen molar-refractivity contribution in [2.75, 3.05) is 23.4 Å². The third kappa shape index (κ3) is 4.34. The van der Waals surface area contributed by atoms with Crippen molar-refractivity contribution in [1.29, 1.82) is 0 Å². The van der Waals surface area contributed by atoms with Crippen molar-refractivity contribution in [3.63, 3.8) is 0 Å². The lowest BCUT2D eigenvalue weighted by molar-refractivity contribution is -0.118. The highest BCUT2D eigenvalue weighted by atomic mass is 16.5. The molecule has 2 aromatic carbocycles. The molecule has 0 saturated carbocycles. The molecule has 0 unspecified atom stereocenters. The minimum atomic E-state index is -0.514. The van der Waals surface area contributed by atoms with Crippen LogP contribution in [0.5, 0.6) is 0 Å². The van der Waals surface area contributed by atoms with Gasteiger partial charge in [-0.05, 0) is 49.3 Å². The van der Waals surface area contributed by atoms with Crippen LogP contribution in [0, 0.1) is 12.3 Å². The first kappa shape index (κ1) is 22.7. The van der Waals surface area contributed by atoms with Gasteiger partial charge in [-0.25, -0.2) is 4.79 Å². The van der Waals surface area contributed by atoms with Gasteiger partial charge in [0.2, 0.25) is 0 Å². The molecule has 2 heterocycles. The van der Waals surface area contributed by atoms with Gasteiger partial charge in [0.15, 0.2) is 5.78 Å². The van der Waals surface area contributed by atoms with E-state index in [4.69, 9.17) is 4.74 Å². The van der Waals surface area contributed by atoms with Crippen LogP contribution in [-0.2, 0) is 9.53 Å². The number of carbonyl (C=O) groups is 2. The zero-order chi connectivity index (χ0) is 23.9. The number of hydrogen-bond acceptors (Lipinski definition) is 4. The standard InChI is InChI=1S/C28H33N3O3/c1-18-10-12-19(13-11-18)26-25-22(15-28(2,3)16-24(25)32)30-21-8-4-5-9-23(21)31(26)27(33)29-17-20-7-6-14-34-20/h4-5,8-13,20,26,30H,6-7,14-17H2,1-3H3,(H,29,33)/t20-,26+/m1/s1. The van der Waals surface area contributed by atoms with E-state index in [-0.39, 0.29) is 23.3 Å². The van der Waals surface area contributed by atoms with Crippen molar-refractivity contribution in [2.45, 2.75) is 58.6 Å². The van der Waals surface area contributed by atoms with Crippen LogP contribution < -0.4 is 15.5 Å². The van der Waals surface area contributed by atoms with Crippen LogP contribution in [0.15, 0.2) is 59.8 Å². The second kappa shape index (κ2) is 8.91. The van der Waals surface area contributed by atoms with Gasteiger partial charge in [-0.15, -0.1) is 0 Å². The van der Waals surface area contributed by atoms with Gasteiger partial charge in [-0.1, -0.05) is 55.8 Å². The number of amides is 2. The number of aryl methyl sites for hydroxylation is 1. The summed E-state index contributed by atoms with van der Waals surface area (Å²) < 4.78 is 5.73. The molecule has 0 spiro atoms. The van der Waals surface area contributed by atoms with E-state index in [1.165, 1.54) is 0 Å². The summed E-state index contributed by atoms with van der Waals surface area (Å²) in [6.07, 6.45) is 3.20. The summed E-state index contributed by atoms with van der Waals surface area (Å²) in [4.78, 5) is 29.2. The number of Topliss-reactive ketones (excluding diaryl/α,β-unsaturated/α-hetero) is 1. The Labute approximate surface area is 201 Å². The molecule has 178 valence electrons. The van der Waals surface area contributed by atoms with E-state index < -0.39 is 6.04 Å². The first-order chi connectivity index (χ1) is 16.3. The van der Waals surface area contributed by atoms with Gasteiger partial charge >= 0.3 is 6.03 Å². The summed E-state index contributed by atoms with van der Waals surface area (Å²) in [5, 5.41) is 6.65. The number of benzene rings is 2. The molecule has 3 aliphatic rings. The fraction of sp³-hybridized carbons (Fsp3) is 0.429. The number of fused-ring (bicyclic) bond motifs is 1. The molecule has 6 heteroatoms. The molecule has 0 bridgehead atoms. The Bertz CT molecular complexity index is 1130. The molecule has 1 aliphatic carbocycles. The zero-order valence-corrected chi connectivity index (χ0v) is 20.2. The highest BCUT2D eigenvalue weighted by molar-refractivity contribution is 6.06. The maximum atomic E-state index is 13.8. The number of rotatable bonds is 3. The number of nitrogens with zero attached hydrogens (tertiary/aromatic N) is 1. The lowest BCUT2D eigenvalue weighted by Crippen LogP contribution is -2.46. The van der Waals surface area contributed by atoms with E-state index in [1.54, 1.807) is 4.90 Å². The summed E-state index contributed by atoms with van der Waals surface area (Å²) >= 11 is 0. The average Bonchev–Trinajstić information content (AvgIpc) is 3.26. The summed E-state index contributed by atoms with van der Waals surface area (Å²) in [7, 11) is 0. The van der Waals surface area contributed by atoms with Gasteiger partial charge in [0.05, 0.1) is 23.5 Å². The molecule has 2 atom stereocenters. The number of allylic oxidation sites excluding steroid dienone is 1. The lowest BCUT2D eigenvalue weighted by Gasteiger charge is -2.37. The second-order valence-corrected chi connectivity index (χ2v) is 10.5. The topological polar surface area (TPSA) is 70.7 Å². The van der Waals surface area contributed by atoms with Crippen molar-refractivity contribution in [3.05, 3.63) is 70.9 Å². The van der Waals surface area contributed by atoms with Gasteiger partial charge < -0.3 is 15.4 Å². The molecule has 6 nitrogen and oxygen atoms in total. The average molecular weight is 460 g/mol. The van der Waals surface area contributed by atoms with Gasteiger partial charge in [-0.3, -0.25) is 9.69 Å². The van der Waals surface area contributed by atoms with Gasteiger partial charge in [0.25, 0.3) is 0 Å². The summed E-state index contributed by atoms with van der Waals surface area (Å²) in [6.45, 7) is 7.49. The maximum absolute atomic E-state index is 13.8. The molecule has 2 N–H and O–H groups in total. The van der Waals surface area contributed by atoms with E-state index in [0.717, 1.165) is 54.1 Å². The molecule has 2 aliphatic heterocycles. The van der Waals surface area contributed by atoms with Crippen LogP contribution in [0.25, 0.3) is 0 Å². The van der Waals surface area contributed by atoms with Crippen molar-refractivity contribution in [1.82, 2.24) is 5.32 Å². The zero-order valence-electron chi connectivity index (χ0n) is 20.2. The third-order valence-electron chi connectivity index (χ3n) is 7.02. The minimum absolute atomic E-state index is 0.0361. The Hall–Kier alpha value is -3.12. The Kier molecular flexibility index (Phi) is 5.94. The number of nitrogens with one attached hydrogen (secondary N) is 2. The number of ketones is 1. The molecule has 34 heavy (non-hydrogen) atoms. The molecule has 2 amide bonds. The lowest BCUT2D eigenvalue weighted by atomic mass is 9.73. The molecule has 0 aromatic heterocycles. The van der Waals surface area contributed by atoms with Crippen LogP contribution in [-0.4, -0.2) is 31.1 Å². The summed E-state index contributed by atoms with van der Waals surface area (Å²) in [5.41, 5.74) is 5.11. The number of hydrogen-bond donors (Lipinski definition) is 2. The first-order valence-corrected chi connectivity index (χ1v) is 12.2. The fourth-order valence-corrected chi connectivity index (χ4v) is 5.37. The largest absolute Gasteiger partial charge is 0.376 e. The van der Waals surface area contributed by atoms with E-state index in [2.05, 4.69) is 24.5 Å². The van der Waals surface area contributed by atoms with E-state index in [9.17, 15) is 9.59 Å². The Balaban J connectivity index is 1.64. The van der Waals surface area contributed by atoms with Crippen molar-refractivity contribution in [3.8, 4) is 0 Å².